The molecular weight excluding hydrogens is 285 g/mol. The summed E-state index contributed by atoms with van der Waals surface area (Å²) in [5, 5.41) is 7.51. The molecule has 1 aromatic heterocycles. The molecule has 0 unspecified atom stereocenters. The fourth-order valence-electron chi connectivity index (χ4n) is 1.26. The fraction of sp³-hybridized carbons (Fsp3) is 0.333. The molecule has 0 spiro atoms. The van der Waals surface area contributed by atoms with Gasteiger partial charge in [0.1, 0.15) is 5.69 Å². The molecule has 0 radical (unpaired) electrons. The van der Waals surface area contributed by atoms with Crippen molar-refractivity contribution in [1.29, 1.82) is 0 Å². The number of carboxylic acids is 1. The quantitative estimate of drug-likeness (QED) is 0.869. The highest BCUT2D eigenvalue weighted by molar-refractivity contribution is 6.32. The molecule has 0 aliphatic heterocycles. The summed E-state index contributed by atoms with van der Waals surface area (Å²) in [6, 6.07) is 0. The second-order valence-corrected chi connectivity index (χ2v) is 3.60. The number of hydrogen-bond donors (Lipinski definition) is 1. The monoisotopic (exact) mass is 289 g/mol. The Morgan fingerprint density at radius 2 is 2.00 bits per heavy atom. The summed E-state index contributed by atoms with van der Waals surface area (Å²) in [7, 11) is 0. The number of pyridine rings is 1. The predicted molar refractivity (Wildman–Crippen MR) is 50.5 cm³/mol. The molecule has 0 aliphatic rings. The van der Waals surface area contributed by atoms with E-state index in [1.165, 1.54) is 0 Å². The van der Waals surface area contributed by atoms with Crippen LogP contribution in [-0.4, -0.2) is 16.1 Å². The van der Waals surface area contributed by atoms with E-state index in [1.54, 1.807) is 0 Å². The van der Waals surface area contributed by atoms with Gasteiger partial charge in [0.15, 0.2) is 0 Å². The van der Waals surface area contributed by atoms with Crippen molar-refractivity contribution in [1.82, 2.24) is 4.98 Å². The average Bonchev–Trinajstić information content (AvgIpc) is 2.17. The molecule has 9 heteroatoms. The van der Waals surface area contributed by atoms with Crippen LogP contribution in [0.3, 0.4) is 0 Å². The van der Waals surface area contributed by atoms with Gasteiger partial charge in [0.2, 0.25) is 0 Å². The summed E-state index contributed by atoms with van der Waals surface area (Å²) >= 11 is 5.35. The molecule has 1 heterocycles. The minimum absolute atomic E-state index is 0.158. The van der Waals surface area contributed by atoms with Crippen molar-refractivity contribution in [3.05, 3.63) is 28.0 Å². The summed E-state index contributed by atoms with van der Waals surface area (Å²) in [5.74, 6) is -1.62. The third kappa shape index (κ3) is 3.06. The largest absolute Gasteiger partial charge is 0.481 e. The zero-order chi connectivity index (χ0) is 14.1. The zero-order valence-electron chi connectivity index (χ0n) is 8.43. The third-order valence-electron chi connectivity index (χ3n) is 1.99. The molecule has 0 aromatic carbocycles. The molecule has 18 heavy (non-hydrogen) atoms. The first kappa shape index (κ1) is 14.6. The molecule has 1 aromatic rings. The van der Waals surface area contributed by atoms with Crippen LogP contribution in [0.1, 0.15) is 23.2 Å². The van der Waals surface area contributed by atoms with E-state index >= 15 is 0 Å². The molecular formula is C9H5ClF5NO2. The first-order valence-corrected chi connectivity index (χ1v) is 4.76. The van der Waals surface area contributed by atoms with Gasteiger partial charge in [-0.2, -0.15) is 13.2 Å². The van der Waals surface area contributed by atoms with E-state index in [-0.39, 0.29) is 6.20 Å². The lowest BCUT2D eigenvalue weighted by Gasteiger charge is -2.14. The van der Waals surface area contributed by atoms with Crippen LogP contribution in [0.4, 0.5) is 22.0 Å². The van der Waals surface area contributed by atoms with Gasteiger partial charge in [-0.05, 0) is 5.56 Å². The van der Waals surface area contributed by atoms with Crippen LogP contribution >= 0.6 is 11.6 Å². The van der Waals surface area contributed by atoms with E-state index in [0.29, 0.717) is 0 Å². The van der Waals surface area contributed by atoms with Gasteiger partial charge >= 0.3 is 12.1 Å². The van der Waals surface area contributed by atoms with E-state index in [1.807, 2.05) is 0 Å². The lowest BCUT2D eigenvalue weighted by atomic mass is 10.1. The Kier molecular flexibility index (Phi) is 4.10. The van der Waals surface area contributed by atoms with Crippen LogP contribution in [0.5, 0.6) is 0 Å². The van der Waals surface area contributed by atoms with Gasteiger partial charge < -0.3 is 5.11 Å². The first-order chi connectivity index (χ1) is 8.14. The molecule has 0 atom stereocenters. The summed E-state index contributed by atoms with van der Waals surface area (Å²) in [5.41, 5.74) is -3.41. The Morgan fingerprint density at radius 3 is 2.39 bits per heavy atom. The molecule has 0 fully saturated rings. The van der Waals surface area contributed by atoms with E-state index in [9.17, 15) is 26.7 Å². The fourth-order valence-corrected chi connectivity index (χ4v) is 1.56. The van der Waals surface area contributed by atoms with E-state index in [2.05, 4.69) is 4.98 Å². The van der Waals surface area contributed by atoms with Crippen molar-refractivity contribution in [3.8, 4) is 0 Å². The Bertz CT molecular complexity index is 475. The van der Waals surface area contributed by atoms with E-state index in [0.717, 1.165) is 0 Å². The van der Waals surface area contributed by atoms with Gasteiger partial charge in [-0.1, -0.05) is 11.6 Å². The smallest absolute Gasteiger partial charge is 0.418 e. The molecule has 0 bridgehead atoms. The maximum atomic E-state index is 12.5. The predicted octanol–water partition coefficient (Wildman–Crippen LogP) is 3.32. The van der Waals surface area contributed by atoms with Crippen molar-refractivity contribution in [2.24, 2.45) is 0 Å². The number of alkyl halides is 5. The van der Waals surface area contributed by atoms with Crippen LogP contribution in [-0.2, 0) is 17.4 Å². The average molecular weight is 290 g/mol. The Balaban J connectivity index is 3.46. The Labute approximate surface area is 102 Å². The molecule has 0 saturated carbocycles. The number of nitrogens with zero attached hydrogens (tertiary/aromatic N) is 1. The van der Waals surface area contributed by atoms with Gasteiger partial charge in [0.05, 0.1) is 17.0 Å². The SMILES string of the molecule is O=C(O)Cc1c(C(F)(F)F)cnc(C(F)F)c1Cl. The first-order valence-electron chi connectivity index (χ1n) is 4.39. The number of halogens is 6. The molecule has 0 amide bonds. The maximum Gasteiger partial charge on any atom is 0.418 e. The summed E-state index contributed by atoms with van der Waals surface area (Å²) in [6.07, 6.45) is -9.06. The minimum Gasteiger partial charge on any atom is -0.481 e. The lowest BCUT2D eigenvalue weighted by molar-refractivity contribution is -0.139. The Morgan fingerprint density at radius 1 is 1.44 bits per heavy atom. The van der Waals surface area contributed by atoms with Gasteiger partial charge in [0.25, 0.3) is 6.43 Å². The maximum absolute atomic E-state index is 12.5. The van der Waals surface area contributed by atoms with Crippen LogP contribution in [0, 0.1) is 0 Å². The standard InChI is InChI=1S/C9H5ClF5NO2/c10-6-3(1-5(17)18)4(9(13,14)15)2-16-7(6)8(11)12/h2,8H,1H2,(H,17,18). The van der Waals surface area contributed by atoms with Gasteiger partial charge in [-0.3, -0.25) is 9.78 Å². The highest BCUT2D eigenvalue weighted by Crippen LogP contribution is 2.38. The topological polar surface area (TPSA) is 50.2 Å². The molecule has 1 rings (SSSR count). The zero-order valence-corrected chi connectivity index (χ0v) is 9.19. The normalized spacial score (nSPS) is 11.9. The number of aromatic nitrogens is 1. The minimum atomic E-state index is -4.91. The third-order valence-corrected chi connectivity index (χ3v) is 2.41. The van der Waals surface area contributed by atoms with Crippen molar-refractivity contribution in [2.45, 2.75) is 19.0 Å². The number of hydrogen-bond acceptors (Lipinski definition) is 2. The number of carboxylic acid groups (broad SMARTS) is 1. The molecule has 0 aliphatic carbocycles. The van der Waals surface area contributed by atoms with Crippen molar-refractivity contribution >= 4 is 17.6 Å². The van der Waals surface area contributed by atoms with Crippen molar-refractivity contribution in [3.63, 3.8) is 0 Å². The Hall–Kier alpha value is -1.44. The van der Waals surface area contributed by atoms with Crippen LogP contribution in [0.25, 0.3) is 0 Å². The van der Waals surface area contributed by atoms with Crippen LogP contribution in [0.2, 0.25) is 5.02 Å². The van der Waals surface area contributed by atoms with Crippen LogP contribution < -0.4 is 0 Å². The second-order valence-electron chi connectivity index (χ2n) is 3.22. The number of carbonyl (C=O) groups is 1. The highest BCUT2D eigenvalue weighted by atomic mass is 35.5. The molecule has 3 nitrogen and oxygen atoms in total. The molecule has 0 saturated heterocycles. The van der Waals surface area contributed by atoms with Gasteiger partial charge in [-0.25, -0.2) is 8.78 Å². The lowest BCUT2D eigenvalue weighted by Crippen LogP contribution is -2.15. The summed E-state index contributed by atoms with van der Waals surface area (Å²) in [6.45, 7) is 0. The van der Waals surface area contributed by atoms with Gasteiger partial charge in [-0.15, -0.1) is 0 Å². The summed E-state index contributed by atoms with van der Waals surface area (Å²) < 4.78 is 62.4. The number of aliphatic carboxylic acids is 1. The molecule has 100 valence electrons. The van der Waals surface area contributed by atoms with Crippen molar-refractivity contribution in [2.75, 3.05) is 0 Å². The summed E-state index contributed by atoms with van der Waals surface area (Å²) in [4.78, 5) is 13.4. The second kappa shape index (κ2) is 5.05. The van der Waals surface area contributed by atoms with Crippen molar-refractivity contribution < 1.29 is 31.9 Å². The van der Waals surface area contributed by atoms with E-state index < -0.39 is 46.8 Å². The van der Waals surface area contributed by atoms with E-state index in [4.69, 9.17) is 16.7 Å². The van der Waals surface area contributed by atoms with Crippen LogP contribution in [0.15, 0.2) is 6.20 Å². The van der Waals surface area contributed by atoms with Gasteiger partial charge in [0, 0.05) is 6.20 Å². The number of rotatable bonds is 3. The molecule has 1 N–H and O–H groups in total. The highest BCUT2D eigenvalue weighted by Gasteiger charge is 2.36.